The maximum Gasteiger partial charge on any atom is 0.414 e. The van der Waals surface area contributed by atoms with Gasteiger partial charge in [0.1, 0.15) is 12.4 Å². The SMILES string of the molecule is CC(OCC(=O)Cc1ccccc1F)C(F)(F)F. The molecule has 0 fully saturated rings. The van der Waals surface area contributed by atoms with Gasteiger partial charge in [0.15, 0.2) is 11.9 Å². The van der Waals surface area contributed by atoms with Gasteiger partial charge < -0.3 is 4.74 Å². The second-order valence-electron chi connectivity index (χ2n) is 3.80. The summed E-state index contributed by atoms with van der Waals surface area (Å²) in [5, 5.41) is 0. The van der Waals surface area contributed by atoms with Gasteiger partial charge in [0.2, 0.25) is 0 Å². The second-order valence-corrected chi connectivity index (χ2v) is 3.80. The van der Waals surface area contributed by atoms with E-state index in [0.29, 0.717) is 0 Å². The van der Waals surface area contributed by atoms with Crippen molar-refractivity contribution in [3.8, 4) is 0 Å². The molecule has 6 heteroatoms. The van der Waals surface area contributed by atoms with Gasteiger partial charge in [0.05, 0.1) is 0 Å². The molecule has 0 saturated carbocycles. The van der Waals surface area contributed by atoms with E-state index in [-0.39, 0.29) is 12.0 Å². The fourth-order valence-corrected chi connectivity index (χ4v) is 1.22. The van der Waals surface area contributed by atoms with Crippen molar-refractivity contribution >= 4 is 5.78 Å². The number of carbonyl (C=O) groups is 1. The van der Waals surface area contributed by atoms with Gasteiger partial charge in [-0.05, 0) is 18.6 Å². The highest BCUT2D eigenvalue weighted by molar-refractivity contribution is 5.82. The molecule has 0 saturated heterocycles. The summed E-state index contributed by atoms with van der Waals surface area (Å²) in [4.78, 5) is 11.3. The molecular formula is C12H12F4O2. The molecular weight excluding hydrogens is 252 g/mol. The highest BCUT2D eigenvalue weighted by Crippen LogP contribution is 2.22. The van der Waals surface area contributed by atoms with Crippen LogP contribution in [-0.2, 0) is 16.0 Å². The van der Waals surface area contributed by atoms with Gasteiger partial charge in [-0.1, -0.05) is 18.2 Å². The first-order valence-corrected chi connectivity index (χ1v) is 5.24. The highest BCUT2D eigenvalue weighted by atomic mass is 19.4. The van der Waals surface area contributed by atoms with Crippen molar-refractivity contribution in [2.45, 2.75) is 25.6 Å². The Bertz CT molecular complexity index is 415. The minimum atomic E-state index is -4.50. The predicted molar refractivity (Wildman–Crippen MR) is 56.6 cm³/mol. The largest absolute Gasteiger partial charge is 0.414 e. The number of ether oxygens (including phenoxy) is 1. The summed E-state index contributed by atoms with van der Waals surface area (Å²) in [6, 6.07) is 5.60. The van der Waals surface area contributed by atoms with Gasteiger partial charge in [-0.2, -0.15) is 13.2 Å². The van der Waals surface area contributed by atoms with Crippen molar-refractivity contribution in [1.29, 1.82) is 0 Å². The van der Waals surface area contributed by atoms with E-state index >= 15 is 0 Å². The summed E-state index contributed by atoms with van der Waals surface area (Å²) in [6.45, 7) is 0.130. The molecule has 0 N–H and O–H groups in total. The van der Waals surface area contributed by atoms with E-state index < -0.39 is 30.5 Å². The summed E-state index contributed by atoms with van der Waals surface area (Å²) in [5.41, 5.74) is 0.144. The average Bonchev–Trinajstić information content (AvgIpc) is 2.27. The summed E-state index contributed by atoms with van der Waals surface area (Å²) < 4.78 is 53.8. The molecule has 18 heavy (non-hydrogen) atoms. The molecule has 1 atom stereocenters. The molecule has 1 aromatic carbocycles. The monoisotopic (exact) mass is 264 g/mol. The molecule has 1 aromatic rings. The van der Waals surface area contributed by atoms with Crippen molar-refractivity contribution in [1.82, 2.24) is 0 Å². The van der Waals surface area contributed by atoms with E-state index in [4.69, 9.17) is 0 Å². The number of Topliss-reactive ketones (excluding diaryl/α,β-unsaturated/α-hetero) is 1. The van der Waals surface area contributed by atoms with Gasteiger partial charge in [0, 0.05) is 6.42 Å². The maximum absolute atomic E-state index is 13.2. The number of hydrogen-bond acceptors (Lipinski definition) is 2. The Morgan fingerprint density at radius 2 is 1.94 bits per heavy atom. The minimum absolute atomic E-state index is 0.144. The third-order valence-electron chi connectivity index (χ3n) is 2.30. The van der Waals surface area contributed by atoms with Gasteiger partial charge >= 0.3 is 6.18 Å². The van der Waals surface area contributed by atoms with Crippen molar-refractivity contribution in [2.75, 3.05) is 6.61 Å². The van der Waals surface area contributed by atoms with Crippen LogP contribution in [0.4, 0.5) is 17.6 Å². The second kappa shape index (κ2) is 5.95. The van der Waals surface area contributed by atoms with Gasteiger partial charge in [0.25, 0.3) is 0 Å². The van der Waals surface area contributed by atoms with Gasteiger partial charge in [-0.15, -0.1) is 0 Å². The Hall–Kier alpha value is -1.43. The van der Waals surface area contributed by atoms with Crippen LogP contribution in [0.2, 0.25) is 0 Å². The smallest absolute Gasteiger partial charge is 0.361 e. The Morgan fingerprint density at radius 3 is 2.50 bits per heavy atom. The molecule has 0 amide bonds. The molecule has 0 aliphatic rings. The molecule has 1 unspecified atom stereocenters. The van der Waals surface area contributed by atoms with Crippen LogP contribution < -0.4 is 0 Å². The molecule has 0 aliphatic heterocycles. The molecule has 0 radical (unpaired) electrons. The van der Waals surface area contributed by atoms with E-state index in [1.54, 1.807) is 6.07 Å². The van der Waals surface area contributed by atoms with Gasteiger partial charge in [-0.25, -0.2) is 4.39 Å². The van der Waals surface area contributed by atoms with Crippen LogP contribution in [0, 0.1) is 5.82 Å². The molecule has 0 bridgehead atoms. The van der Waals surface area contributed by atoms with Crippen molar-refractivity contribution in [3.63, 3.8) is 0 Å². The lowest BCUT2D eigenvalue weighted by atomic mass is 10.1. The first-order chi connectivity index (χ1) is 8.30. The summed E-state index contributed by atoms with van der Waals surface area (Å²) in [7, 11) is 0. The number of ketones is 1. The molecule has 2 nitrogen and oxygen atoms in total. The molecule has 0 aliphatic carbocycles. The van der Waals surface area contributed by atoms with E-state index in [1.165, 1.54) is 18.2 Å². The van der Waals surface area contributed by atoms with E-state index in [2.05, 4.69) is 4.74 Å². The summed E-state index contributed by atoms with van der Waals surface area (Å²) >= 11 is 0. The van der Waals surface area contributed by atoms with Crippen molar-refractivity contribution in [2.24, 2.45) is 0 Å². The zero-order valence-electron chi connectivity index (χ0n) is 9.63. The third-order valence-corrected chi connectivity index (χ3v) is 2.30. The predicted octanol–water partition coefficient (Wildman–Crippen LogP) is 2.90. The molecule has 0 heterocycles. The fourth-order valence-electron chi connectivity index (χ4n) is 1.22. The van der Waals surface area contributed by atoms with Crippen LogP contribution in [-0.4, -0.2) is 24.7 Å². The molecule has 0 spiro atoms. The van der Waals surface area contributed by atoms with Gasteiger partial charge in [-0.3, -0.25) is 4.79 Å². The average molecular weight is 264 g/mol. The Kier molecular flexibility index (Phi) is 4.84. The van der Waals surface area contributed by atoms with Crippen LogP contribution >= 0.6 is 0 Å². The summed E-state index contributed by atoms with van der Waals surface area (Å²) in [5.74, 6) is -1.16. The number of carbonyl (C=O) groups excluding carboxylic acids is 1. The number of alkyl halides is 3. The fraction of sp³-hybridized carbons (Fsp3) is 0.417. The Labute approximate surface area is 102 Å². The van der Waals surface area contributed by atoms with Crippen LogP contribution in [0.15, 0.2) is 24.3 Å². The zero-order chi connectivity index (χ0) is 13.8. The van der Waals surface area contributed by atoms with Crippen LogP contribution in [0.1, 0.15) is 12.5 Å². The molecule has 100 valence electrons. The van der Waals surface area contributed by atoms with Crippen molar-refractivity contribution < 1.29 is 27.1 Å². The highest BCUT2D eigenvalue weighted by Gasteiger charge is 2.37. The van der Waals surface area contributed by atoms with E-state index in [0.717, 1.165) is 6.92 Å². The number of hydrogen-bond donors (Lipinski definition) is 0. The number of rotatable bonds is 5. The quantitative estimate of drug-likeness (QED) is 0.764. The van der Waals surface area contributed by atoms with Crippen LogP contribution in [0.5, 0.6) is 0 Å². The van der Waals surface area contributed by atoms with Crippen LogP contribution in [0.25, 0.3) is 0 Å². The molecule has 1 rings (SSSR count). The number of benzene rings is 1. The lowest BCUT2D eigenvalue weighted by molar-refractivity contribution is -0.213. The summed E-state index contributed by atoms with van der Waals surface area (Å²) in [6.07, 6.45) is -6.79. The standard InChI is InChI=1S/C12H12F4O2/c1-8(12(14,15)16)18-7-10(17)6-9-4-2-3-5-11(9)13/h2-5,8H,6-7H2,1H3. The normalized spacial score (nSPS) is 13.4. The zero-order valence-corrected chi connectivity index (χ0v) is 9.63. The molecule has 0 aromatic heterocycles. The third kappa shape index (κ3) is 4.44. The minimum Gasteiger partial charge on any atom is -0.361 e. The first kappa shape index (κ1) is 14.6. The van der Waals surface area contributed by atoms with E-state index in [9.17, 15) is 22.4 Å². The van der Waals surface area contributed by atoms with Crippen molar-refractivity contribution in [3.05, 3.63) is 35.6 Å². The lowest BCUT2D eigenvalue weighted by Crippen LogP contribution is -2.30. The number of halogens is 4. The maximum atomic E-state index is 13.2. The Balaban J connectivity index is 2.46. The first-order valence-electron chi connectivity index (χ1n) is 5.24. The lowest BCUT2D eigenvalue weighted by Gasteiger charge is -2.15. The van der Waals surface area contributed by atoms with E-state index in [1.807, 2.05) is 0 Å². The topological polar surface area (TPSA) is 26.3 Å². The van der Waals surface area contributed by atoms with Crippen LogP contribution in [0.3, 0.4) is 0 Å². The Morgan fingerprint density at radius 1 is 1.33 bits per heavy atom.